The highest BCUT2D eigenvalue weighted by Crippen LogP contribution is 2.27. The summed E-state index contributed by atoms with van der Waals surface area (Å²) in [4.78, 5) is 5.75. The minimum Gasteiger partial charge on any atom is -0.217 e. The summed E-state index contributed by atoms with van der Waals surface area (Å²) in [5.41, 5.74) is 6.13. The zero-order chi connectivity index (χ0) is 15.1. The maximum absolute atomic E-state index is 4.76. The van der Waals surface area contributed by atoms with E-state index in [-0.39, 0.29) is 0 Å². The number of aryl methyl sites for hydroxylation is 3. The summed E-state index contributed by atoms with van der Waals surface area (Å²) in [7, 11) is 0. The molecule has 1 aromatic carbocycles. The van der Waals surface area contributed by atoms with Crippen molar-refractivity contribution in [3.8, 4) is 11.3 Å². The first-order valence-electron chi connectivity index (χ1n) is 7.37. The summed E-state index contributed by atoms with van der Waals surface area (Å²) >= 11 is 1.70. The number of fused-ring (bicyclic) bond motifs is 1. The van der Waals surface area contributed by atoms with Gasteiger partial charge in [0.1, 0.15) is 5.01 Å². The van der Waals surface area contributed by atoms with Gasteiger partial charge in [0.25, 0.3) is 0 Å². The summed E-state index contributed by atoms with van der Waals surface area (Å²) in [5.74, 6) is 0.627. The Labute approximate surface area is 129 Å². The molecule has 0 unspecified atom stereocenters. The predicted octanol–water partition coefficient (Wildman–Crippen LogP) is 4.58. The van der Waals surface area contributed by atoms with Crippen LogP contribution in [0.5, 0.6) is 0 Å². The Morgan fingerprint density at radius 3 is 2.48 bits per heavy atom. The lowest BCUT2D eigenvalue weighted by Crippen LogP contribution is -1.94. The van der Waals surface area contributed by atoms with E-state index in [9.17, 15) is 0 Å². The molecule has 110 valence electrons. The standard InChI is InChI=1S/C17H21N3S/c1-10(2)6-16-19-20-9-15(18-17(20)21-16)14-8-12(4)11(3)7-13(14)5/h7-10H,6H2,1-5H3. The summed E-state index contributed by atoms with van der Waals surface area (Å²) in [6.07, 6.45) is 3.07. The van der Waals surface area contributed by atoms with Crippen LogP contribution in [0.1, 0.15) is 35.5 Å². The van der Waals surface area contributed by atoms with Crippen molar-refractivity contribution in [2.45, 2.75) is 41.0 Å². The molecule has 0 N–H and O–H groups in total. The van der Waals surface area contributed by atoms with Crippen molar-refractivity contribution in [1.82, 2.24) is 14.6 Å². The van der Waals surface area contributed by atoms with Gasteiger partial charge in [0.15, 0.2) is 0 Å². The van der Waals surface area contributed by atoms with Crippen LogP contribution in [-0.4, -0.2) is 14.6 Å². The maximum atomic E-state index is 4.76. The second-order valence-electron chi connectivity index (χ2n) is 6.20. The number of benzene rings is 1. The fraction of sp³-hybridized carbons (Fsp3) is 0.412. The number of aromatic nitrogens is 3. The summed E-state index contributed by atoms with van der Waals surface area (Å²) in [5, 5.41) is 5.80. The van der Waals surface area contributed by atoms with Crippen molar-refractivity contribution in [2.75, 3.05) is 0 Å². The molecule has 0 aliphatic carbocycles. The Morgan fingerprint density at radius 2 is 1.81 bits per heavy atom. The third-order valence-electron chi connectivity index (χ3n) is 3.78. The third kappa shape index (κ3) is 2.72. The van der Waals surface area contributed by atoms with Crippen molar-refractivity contribution < 1.29 is 0 Å². The average Bonchev–Trinajstić information content (AvgIpc) is 2.90. The Bertz CT molecular complexity index is 764. The third-order valence-corrected chi connectivity index (χ3v) is 4.73. The fourth-order valence-electron chi connectivity index (χ4n) is 2.54. The number of hydrogen-bond donors (Lipinski definition) is 0. The van der Waals surface area contributed by atoms with Gasteiger partial charge < -0.3 is 0 Å². The highest BCUT2D eigenvalue weighted by molar-refractivity contribution is 7.16. The van der Waals surface area contributed by atoms with Gasteiger partial charge in [-0.3, -0.25) is 0 Å². The minimum absolute atomic E-state index is 0.627. The monoisotopic (exact) mass is 299 g/mol. The van der Waals surface area contributed by atoms with Crippen molar-refractivity contribution >= 4 is 16.3 Å². The molecule has 3 aromatic rings. The molecule has 0 amide bonds. The molecular formula is C17H21N3S. The largest absolute Gasteiger partial charge is 0.217 e. The molecule has 0 radical (unpaired) electrons. The van der Waals surface area contributed by atoms with E-state index in [2.05, 4.69) is 51.9 Å². The number of hydrogen-bond acceptors (Lipinski definition) is 3. The Kier molecular flexibility index (Phi) is 3.57. The van der Waals surface area contributed by atoms with Gasteiger partial charge >= 0.3 is 0 Å². The normalized spacial score (nSPS) is 11.7. The molecule has 3 nitrogen and oxygen atoms in total. The maximum Gasteiger partial charge on any atom is 0.212 e. The van der Waals surface area contributed by atoms with Crippen molar-refractivity contribution in [3.63, 3.8) is 0 Å². The molecule has 0 spiro atoms. The molecule has 0 fully saturated rings. The van der Waals surface area contributed by atoms with Crippen LogP contribution in [0.2, 0.25) is 0 Å². The van der Waals surface area contributed by atoms with E-state index < -0.39 is 0 Å². The van der Waals surface area contributed by atoms with Crippen LogP contribution in [0, 0.1) is 26.7 Å². The van der Waals surface area contributed by atoms with Gasteiger partial charge in [-0.25, -0.2) is 9.50 Å². The zero-order valence-corrected chi connectivity index (χ0v) is 14.1. The molecule has 0 bridgehead atoms. The minimum atomic E-state index is 0.627. The average molecular weight is 299 g/mol. The van der Waals surface area contributed by atoms with E-state index in [1.165, 1.54) is 22.3 Å². The molecule has 0 aliphatic heterocycles. The zero-order valence-electron chi connectivity index (χ0n) is 13.3. The number of imidazole rings is 1. The van der Waals surface area contributed by atoms with E-state index in [4.69, 9.17) is 4.98 Å². The molecule has 2 aromatic heterocycles. The number of nitrogens with zero attached hydrogens (tertiary/aromatic N) is 3. The van der Waals surface area contributed by atoms with Gasteiger partial charge in [-0.15, -0.1) is 0 Å². The Morgan fingerprint density at radius 1 is 1.10 bits per heavy atom. The van der Waals surface area contributed by atoms with Crippen LogP contribution in [0.25, 0.3) is 16.2 Å². The van der Waals surface area contributed by atoms with Crippen molar-refractivity contribution in [1.29, 1.82) is 0 Å². The van der Waals surface area contributed by atoms with Crippen LogP contribution in [0.15, 0.2) is 18.3 Å². The van der Waals surface area contributed by atoms with Gasteiger partial charge in [-0.2, -0.15) is 5.10 Å². The van der Waals surface area contributed by atoms with Crippen LogP contribution in [-0.2, 0) is 6.42 Å². The highest BCUT2D eigenvalue weighted by Gasteiger charge is 2.12. The van der Waals surface area contributed by atoms with Crippen LogP contribution in [0.4, 0.5) is 0 Å². The van der Waals surface area contributed by atoms with Gasteiger partial charge in [0.05, 0.1) is 11.9 Å². The molecule has 0 aliphatic rings. The summed E-state index contributed by atoms with van der Waals surface area (Å²) in [6.45, 7) is 10.9. The Balaban J connectivity index is 2.02. The van der Waals surface area contributed by atoms with Gasteiger partial charge in [0, 0.05) is 12.0 Å². The first-order valence-corrected chi connectivity index (χ1v) is 8.19. The molecule has 21 heavy (non-hydrogen) atoms. The molecule has 0 saturated carbocycles. The topological polar surface area (TPSA) is 30.2 Å². The fourth-order valence-corrected chi connectivity index (χ4v) is 3.63. The van der Waals surface area contributed by atoms with E-state index in [1.807, 2.05) is 10.7 Å². The van der Waals surface area contributed by atoms with Crippen molar-refractivity contribution in [3.05, 3.63) is 40.0 Å². The molecular weight excluding hydrogens is 278 g/mol. The SMILES string of the molecule is Cc1cc(C)c(-c2cn3nc(CC(C)C)sc3n2)cc1C. The lowest BCUT2D eigenvalue weighted by Gasteiger charge is -2.07. The van der Waals surface area contributed by atoms with E-state index >= 15 is 0 Å². The quantitative estimate of drug-likeness (QED) is 0.708. The van der Waals surface area contributed by atoms with Gasteiger partial charge in [-0.05, 0) is 49.4 Å². The first kappa shape index (κ1) is 14.3. The van der Waals surface area contributed by atoms with Gasteiger partial charge in [-0.1, -0.05) is 31.3 Å². The number of rotatable bonds is 3. The highest BCUT2D eigenvalue weighted by atomic mass is 32.1. The van der Waals surface area contributed by atoms with Crippen molar-refractivity contribution in [2.24, 2.45) is 5.92 Å². The van der Waals surface area contributed by atoms with E-state index in [0.29, 0.717) is 5.92 Å². The lowest BCUT2D eigenvalue weighted by atomic mass is 9.99. The van der Waals surface area contributed by atoms with Crippen LogP contribution in [0.3, 0.4) is 0 Å². The van der Waals surface area contributed by atoms with Crippen LogP contribution >= 0.6 is 11.3 Å². The molecule has 2 heterocycles. The van der Waals surface area contributed by atoms with Gasteiger partial charge in [0.2, 0.25) is 4.96 Å². The molecule has 4 heteroatoms. The van der Waals surface area contributed by atoms with Crippen LogP contribution < -0.4 is 0 Å². The lowest BCUT2D eigenvalue weighted by molar-refractivity contribution is 0.637. The second-order valence-corrected chi connectivity index (χ2v) is 7.24. The Hall–Kier alpha value is -1.68. The summed E-state index contributed by atoms with van der Waals surface area (Å²) in [6, 6.07) is 4.46. The first-order chi connectivity index (χ1) is 9.94. The second kappa shape index (κ2) is 5.26. The molecule has 0 atom stereocenters. The molecule has 3 rings (SSSR count). The smallest absolute Gasteiger partial charge is 0.212 e. The van der Waals surface area contributed by atoms with E-state index in [1.54, 1.807) is 11.3 Å². The summed E-state index contributed by atoms with van der Waals surface area (Å²) < 4.78 is 1.92. The van der Waals surface area contributed by atoms with E-state index in [0.717, 1.165) is 22.1 Å². The molecule has 0 saturated heterocycles. The predicted molar refractivity (Wildman–Crippen MR) is 89.1 cm³/mol.